The third-order valence-electron chi connectivity index (χ3n) is 6.00. The fourth-order valence-corrected chi connectivity index (χ4v) is 4.58. The highest BCUT2D eigenvalue weighted by atomic mass is 16.5. The number of methoxy groups -OCH3 is 1. The van der Waals surface area contributed by atoms with Crippen molar-refractivity contribution in [3.8, 4) is 5.75 Å². The fraction of sp³-hybridized carbons (Fsp3) is 0.346. The molecule has 0 bridgehead atoms. The highest BCUT2D eigenvalue weighted by molar-refractivity contribution is 6.04. The number of carbonyl (C=O) groups is 2. The van der Waals surface area contributed by atoms with Crippen molar-refractivity contribution >= 4 is 11.8 Å². The molecule has 1 aliphatic heterocycles. The van der Waals surface area contributed by atoms with Crippen LogP contribution < -0.4 is 10.1 Å². The topological polar surface area (TPSA) is 77.5 Å². The molecule has 2 heterocycles. The molecule has 6 nitrogen and oxygen atoms in total. The Balaban J connectivity index is 1.74. The molecule has 1 N–H and O–H groups in total. The first-order valence-corrected chi connectivity index (χ1v) is 10.9. The molecule has 4 rings (SSSR count). The van der Waals surface area contributed by atoms with Gasteiger partial charge in [0, 0.05) is 41.7 Å². The van der Waals surface area contributed by atoms with Crippen LogP contribution in [-0.4, -0.2) is 30.0 Å². The number of aromatic nitrogens is 1. The molecule has 2 aliphatic rings. The summed E-state index contributed by atoms with van der Waals surface area (Å²) in [6.45, 7) is 5.50. The van der Waals surface area contributed by atoms with Crippen molar-refractivity contribution in [2.24, 2.45) is 0 Å². The van der Waals surface area contributed by atoms with Crippen LogP contribution in [0.15, 0.2) is 71.3 Å². The zero-order valence-corrected chi connectivity index (χ0v) is 18.8. The Kier molecular flexibility index (Phi) is 6.12. The van der Waals surface area contributed by atoms with E-state index in [1.807, 2.05) is 57.2 Å². The van der Waals surface area contributed by atoms with Crippen molar-refractivity contribution in [3.05, 3.63) is 82.5 Å². The SMILES string of the molecule is COc1ccc(C2CC(=O)C3=C(C2)NC(C)=C(C(=O)OC(C)C)C3c2cccnc2)cc1. The molecular weight excluding hydrogens is 404 g/mol. The van der Waals surface area contributed by atoms with Crippen LogP contribution >= 0.6 is 0 Å². The van der Waals surface area contributed by atoms with Crippen molar-refractivity contribution in [2.75, 3.05) is 7.11 Å². The number of ether oxygens (including phenoxy) is 2. The monoisotopic (exact) mass is 432 g/mol. The van der Waals surface area contributed by atoms with Gasteiger partial charge in [-0.25, -0.2) is 4.79 Å². The Bertz CT molecular complexity index is 1080. The molecule has 166 valence electrons. The number of esters is 1. The normalized spacial score (nSPS) is 20.7. The van der Waals surface area contributed by atoms with Crippen LogP contribution in [0.1, 0.15) is 56.6 Å². The van der Waals surface area contributed by atoms with E-state index in [2.05, 4.69) is 10.3 Å². The molecule has 0 saturated heterocycles. The van der Waals surface area contributed by atoms with Crippen LogP contribution in [0.5, 0.6) is 5.75 Å². The first-order valence-electron chi connectivity index (χ1n) is 10.9. The molecule has 32 heavy (non-hydrogen) atoms. The molecule has 0 spiro atoms. The molecule has 0 amide bonds. The average Bonchev–Trinajstić information content (AvgIpc) is 2.78. The lowest BCUT2D eigenvalue weighted by Gasteiger charge is -2.36. The summed E-state index contributed by atoms with van der Waals surface area (Å²) in [6.07, 6.45) is 4.22. The average molecular weight is 433 g/mol. The van der Waals surface area contributed by atoms with Crippen molar-refractivity contribution in [1.29, 1.82) is 0 Å². The molecule has 1 aliphatic carbocycles. The number of carbonyl (C=O) groups excluding carboxylic acids is 2. The maximum atomic E-state index is 13.5. The molecule has 0 fully saturated rings. The van der Waals surface area contributed by atoms with Gasteiger partial charge in [0.25, 0.3) is 0 Å². The number of hydrogen-bond donors (Lipinski definition) is 1. The van der Waals surface area contributed by atoms with Gasteiger partial charge in [-0.2, -0.15) is 0 Å². The maximum Gasteiger partial charge on any atom is 0.337 e. The summed E-state index contributed by atoms with van der Waals surface area (Å²) in [5.41, 5.74) is 4.61. The van der Waals surface area contributed by atoms with Crippen LogP contribution in [0.4, 0.5) is 0 Å². The van der Waals surface area contributed by atoms with Crippen LogP contribution in [0.25, 0.3) is 0 Å². The quantitative estimate of drug-likeness (QED) is 0.706. The zero-order chi connectivity index (χ0) is 22.8. The minimum Gasteiger partial charge on any atom is -0.497 e. The third kappa shape index (κ3) is 4.17. The fourth-order valence-electron chi connectivity index (χ4n) is 4.58. The van der Waals surface area contributed by atoms with Crippen LogP contribution in [0.2, 0.25) is 0 Å². The maximum absolute atomic E-state index is 13.5. The summed E-state index contributed by atoms with van der Waals surface area (Å²) in [7, 11) is 1.64. The Morgan fingerprint density at radius 2 is 1.88 bits per heavy atom. The number of Topliss-reactive ketones (excluding diaryl/α,β-unsaturated/α-hetero) is 1. The summed E-state index contributed by atoms with van der Waals surface area (Å²) in [5, 5.41) is 3.37. The number of benzene rings is 1. The van der Waals surface area contributed by atoms with E-state index >= 15 is 0 Å². The minimum absolute atomic E-state index is 0.0377. The van der Waals surface area contributed by atoms with Gasteiger partial charge in [0.1, 0.15) is 5.75 Å². The van der Waals surface area contributed by atoms with Gasteiger partial charge >= 0.3 is 5.97 Å². The van der Waals surface area contributed by atoms with E-state index in [1.165, 1.54) is 0 Å². The zero-order valence-electron chi connectivity index (χ0n) is 18.8. The first kappa shape index (κ1) is 21.8. The Morgan fingerprint density at radius 1 is 1.12 bits per heavy atom. The van der Waals surface area contributed by atoms with E-state index in [1.54, 1.807) is 19.5 Å². The number of dihydropyridines is 1. The second kappa shape index (κ2) is 8.99. The van der Waals surface area contributed by atoms with Crippen molar-refractivity contribution in [2.45, 2.75) is 51.6 Å². The largest absolute Gasteiger partial charge is 0.497 e. The summed E-state index contributed by atoms with van der Waals surface area (Å²) in [6, 6.07) is 11.6. The number of hydrogen-bond acceptors (Lipinski definition) is 6. The molecule has 1 aromatic heterocycles. The van der Waals surface area contributed by atoms with Gasteiger partial charge in [0.2, 0.25) is 0 Å². The second-order valence-electron chi connectivity index (χ2n) is 8.53. The van der Waals surface area contributed by atoms with Gasteiger partial charge in [0.15, 0.2) is 5.78 Å². The van der Waals surface area contributed by atoms with Gasteiger partial charge in [-0.15, -0.1) is 0 Å². The Labute approximate surface area is 188 Å². The van der Waals surface area contributed by atoms with Crippen LogP contribution in [0, 0.1) is 0 Å². The molecule has 2 atom stereocenters. The van der Waals surface area contributed by atoms with E-state index in [9.17, 15) is 9.59 Å². The summed E-state index contributed by atoms with van der Waals surface area (Å²) < 4.78 is 10.8. The predicted molar refractivity (Wildman–Crippen MR) is 121 cm³/mol. The third-order valence-corrected chi connectivity index (χ3v) is 6.00. The van der Waals surface area contributed by atoms with E-state index < -0.39 is 11.9 Å². The van der Waals surface area contributed by atoms with Gasteiger partial charge in [-0.1, -0.05) is 18.2 Å². The summed E-state index contributed by atoms with van der Waals surface area (Å²) in [4.78, 5) is 30.8. The first-order chi connectivity index (χ1) is 15.4. The smallest absolute Gasteiger partial charge is 0.337 e. The van der Waals surface area contributed by atoms with Gasteiger partial charge in [0.05, 0.1) is 18.8 Å². The lowest BCUT2D eigenvalue weighted by atomic mass is 9.72. The number of nitrogens with one attached hydrogen (secondary N) is 1. The van der Waals surface area contributed by atoms with Gasteiger partial charge < -0.3 is 14.8 Å². The van der Waals surface area contributed by atoms with Crippen molar-refractivity contribution in [1.82, 2.24) is 10.3 Å². The summed E-state index contributed by atoms with van der Waals surface area (Å²) in [5.74, 6) is -0.0109. The molecule has 0 saturated carbocycles. The van der Waals surface area contributed by atoms with E-state index in [-0.39, 0.29) is 17.8 Å². The molecule has 1 aromatic carbocycles. The van der Waals surface area contributed by atoms with Crippen molar-refractivity contribution < 1.29 is 19.1 Å². The van der Waals surface area contributed by atoms with E-state index in [4.69, 9.17) is 9.47 Å². The Hall–Kier alpha value is -3.41. The predicted octanol–water partition coefficient (Wildman–Crippen LogP) is 4.40. The minimum atomic E-state index is -0.490. The van der Waals surface area contributed by atoms with Gasteiger partial charge in [-0.05, 0) is 62.4 Å². The Morgan fingerprint density at radius 3 is 2.50 bits per heavy atom. The van der Waals surface area contributed by atoms with E-state index in [0.717, 1.165) is 22.6 Å². The molecule has 2 unspecified atom stereocenters. The second-order valence-corrected chi connectivity index (χ2v) is 8.53. The van der Waals surface area contributed by atoms with E-state index in [0.29, 0.717) is 29.7 Å². The lowest BCUT2D eigenvalue weighted by Crippen LogP contribution is -2.36. The van der Waals surface area contributed by atoms with Crippen molar-refractivity contribution in [3.63, 3.8) is 0 Å². The number of pyridine rings is 1. The van der Waals surface area contributed by atoms with Gasteiger partial charge in [-0.3, -0.25) is 9.78 Å². The number of nitrogens with zero attached hydrogens (tertiary/aromatic N) is 1. The van der Waals surface area contributed by atoms with Crippen LogP contribution in [-0.2, 0) is 14.3 Å². The standard InChI is InChI=1S/C26H28N2O4/c1-15(2)32-26(30)23-16(3)28-21-12-19(17-7-9-20(31-4)10-8-17)13-22(29)25(21)24(23)18-6-5-11-27-14-18/h5-11,14-15,19,24,28H,12-13H2,1-4H3. The lowest BCUT2D eigenvalue weighted by molar-refractivity contribution is -0.143. The molecule has 2 aromatic rings. The number of ketones is 1. The highest BCUT2D eigenvalue weighted by Gasteiger charge is 2.41. The molecule has 0 radical (unpaired) electrons. The highest BCUT2D eigenvalue weighted by Crippen LogP contribution is 2.45. The van der Waals surface area contributed by atoms with Crippen LogP contribution in [0.3, 0.4) is 0 Å². The number of rotatable bonds is 5. The molecular formula is C26H28N2O4. The molecule has 6 heteroatoms. The summed E-state index contributed by atoms with van der Waals surface area (Å²) >= 11 is 0. The number of allylic oxidation sites excluding steroid dienone is 3.